The molecular weight excluding hydrogens is 454 g/mol. The molecule has 1 unspecified atom stereocenters. The van der Waals surface area contributed by atoms with E-state index in [-0.39, 0.29) is 42.3 Å². The first-order chi connectivity index (χ1) is 15.4. The van der Waals surface area contributed by atoms with Crippen molar-refractivity contribution < 1.29 is 37.1 Å². The molecule has 0 fully saturated rings. The number of Topliss-reactive ketones (excluding diaryl/α,β-unsaturated/α-hetero) is 1. The topological polar surface area (TPSA) is 151 Å². The van der Waals surface area contributed by atoms with Crippen LogP contribution in [0.2, 0.25) is 0 Å². The molecule has 1 N–H and O–H groups in total. The van der Waals surface area contributed by atoms with E-state index in [0.29, 0.717) is 5.56 Å². The molecule has 33 heavy (non-hydrogen) atoms. The van der Waals surface area contributed by atoms with E-state index in [9.17, 15) is 27.6 Å². The molecule has 1 aliphatic rings. The number of imidazole rings is 1. The number of ether oxygens (including phenoxy) is 2. The van der Waals surface area contributed by atoms with Crippen molar-refractivity contribution in [2.75, 3.05) is 19.5 Å². The Morgan fingerprint density at radius 1 is 1.15 bits per heavy atom. The van der Waals surface area contributed by atoms with E-state index < -0.39 is 39.2 Å². The Kier molecular flexibility index (Phi) is 6.41. The quantitative estimate of drug-likeness (QED) is 0.578. The Morgan fingerprint density at radius 3 is 2.39 bits per heavy atom. The smallest absolute Gasteiger partial charge is 0.374 e. The number of sulfonamides is 1. The molecule has 1 amide bonds. The molecule has 1 aromatic carbocycles. The third-order valence-corrected chi connectivity index (χ3v) is 5.69. The maximum atomic E-state index is 13.4. The van der Waals surface area contributed by atoms with Crippen LogP contribution in [0, 0.1) is 0 Å². The summed E-state index contributed by atoms with van der Waals surface area (Å²) in [5.41, 5.74) is -1.10. The van der Waals surface area contributed by atoms with Gasteiger partial charge in [-0.3, -0.25) is 9.59 Å². The fraction of sp³-hybridized carbons (Fsp3) is 0.381. The summed E-state index contributed by atoms with van der Waals surface area (Å²) in [6, 6.07) is 4.37. The maximum absolute atomic E-state index is 13.4. The van der Waals surface area contributed by atoms with E-state index in [1.807, 2.05) is 4.72 Å². The summed E-state index contributed by atoms with van der Waals surface area (Å²) in [7, 11) is -3.83. The van der Waals surface area contributed by atoms with Crippen molar-refractivity contribution in [2.24, 2.45) is 0 Å². The molecule has 0 bridgehead atoms. The van der Waals surface area contributed by atoms with Gasteiger partial charge in [-0.05, 0) is 32.4 Å². The standard InChI is InChI=1S/C21H23N3O8S/c1-5-31-19(27)15-11-24(17(22-15)20(28)32-6-2)21(3)10-14-12(16(21)25)8-7-9-13(14)18(26)23-33(4,29)30/h7-9,11H,5-6,10H2,1-4H3,(H,23,26). The molecule has 12 heteroatoms. The average Bonchev–Trinajstić information content (AvgIpc) is 3.28. The fourth-order valence-electron chi connectivity index (χ4n) is 3.73. The van der Waals surface area contributed by atoms with Gasteiger partial charge in [0.15, 0.2) is 11.5 Å². The molecule has 2 aromatic rings. The molecule has 0 saturated carbocycles. The second kappa shape index (κ2) is 8.77. The molecule has 1 aliphatic carbocycles. The average molecular weight is 477 g/mol. The number of nitrogens with one attached hydrogen (secondary N) is 1. The van der Waals surface area contributed by atoms with E-state index in [0.717, 1.165) is 6.26 Å². The van der Waals surface area contributed by atoms with Crippen LogP contribution in [-0.4, -0.2) is 61.1 Å². The number of nitrogens with zero attached hydrogens (tertiary/aromatic N) is 2. The van der Waals surface area contributed by atoms with Gasteiger partial charge in [0.25, 0.3) is 5.91 Å². The van der Waals surface area contributed by atoms with Crippen molar-refractivity contribution in [3.05, 3.63) is 52.6 Å². The number of amides is 1. The number of hydrogen-bond donors (Lipinski definition) is 1. The van der Waals surface area contributed by atoms with Crippen molar-refractivity contribution in [1.29, 1.82) is 0 Å². The van der Waals surface area contributed by atoms with Crippen LogP contribution in [-0.2, 0) is 31.5 Å². The number of ketones is 1. The number of rotatable bonds is 7. The summed E-state index contributed by atoms with van der Waals surface area (Å²) in [5.74, 6) is -3.21. The molecule has 1 atom stereocenters. The maximum Gasteiger partial charge on any atom is 0.374 e. The Morgan fingerprint density at radius 2 is 1.79 bits per heavy atom. The zero-order valence-corrected chi connectivity index (χ0v) is 19.3. The molecule has 176 valence electrons. The van der Waals surface area contributed by atoms with Gasteiger partial charge in [-0.2, -0.15) is 0 Å². The SMILES string of the molecule is CCOC(=O)c1cn(C2(C)Cc3c(C(=O)NS(C)(=O)=O)cccc3C2=O)c(C(=O)OCC)n1. The van der Waals surface area contributed by atoms with E-state index in [1.54, 1.807) is 13.8 Å². The first-order valence-electron chi connectivity index (χ1n) is 10.1. The van der Waals surface area contributed by atoms with Crippen molar-refractivity contribution in [2.45, 2.75) is 32.7 Å². The van der Waals surface area contributed by atoms with Crippen molar-refractivity contribution in [1.82, 2.24) is 14.3 Å². The molecular formula is C21H23N3O8S. The number of benzene rings is 1. The van der Waals surface area contributed by atoms with Crippen LogP contribution in [0.15, 0.2) is 24.4 Å². The molecule has 0 spiro atoms. The highest BCUT2D eigenvalue weighted by molar-refractivity contribution is 7.89. The summed E-state index contributed by atoms with van der Waals surface area (Å²) >= 11 is 0. The summed E-state index contributed by atoms with van der Waals surface area (Å²) in [5, 5.41) is 0. The lowest BCUT2D eigenvalue weighted by Gasteiger charge is -2.25. The van der Waals surface area contributed by atoms with E-state index >= 15 is 0 Å². The fourth-order valence-corrected chi connectivity index (χ4v) is 4.18. The number of esters is 2. The minimum atomic E-state index is -3.83. The van der Waals surface area contributed by atoms with E-state index in [4.69, 9.17) is 9.47 Å². The third kappa shape index (κ3) is 4.51. The van der Waals surface area contributed by atoms with Crippen LogP contribution in [0.5, 0.6) is 0 Å². The first-order valence-corrected chi connectivity index (χ1v) is 11.9. The Labute approximate surface area is 190 Å². The molecule has 1 aromatic heterocycles. The number of carbonyl (C=O) groups excluding carboxylic acids is 4. The number of hydrogen-bond acceptors (Lipinski definition) is 9. The minimum Gasteiger partial charge on any atom is -0.461 e. The van der Waals surface area contributed by atoms with Crippen LogP contribution in [0.25, 0.3) is 0 Å². The van der Waals surface area contributed by atoms with Gasteiger partial charge < -0.3 is 14.0 Å². The van der Waals surface area contributed by atoms with Gasteiger partial charge in [-0.25, -0.2) is 27.7 Å². The van der Waals surface area contributed by atoms with Gasteiger partial charge in [-0.15, -0.1) is 0 Å². The zero-order chi connectivity index (χ0) is 24.6. The van der Waals surface area contributed by atoms with Crippen LogP contribution in [0.1, 0.15) is 68.2 Å². The van der Waals surface area contributed by atoms with Gasteiger partial charge in [-0.1, -0.05) is 12.1 Å². The molecule has 0 radical (unpaired) electrons. The lowest BCUT2D eigenvalue weighted by molar-refractivity contribution is 0.0496. The van der Waals surface area contributed by atoms with Crippen molar-refractivity contribution >= 4 is 33.7 Å². The molecule has 1 heterocycles. The third-order valence-electron chi connectivity index (χ3n) is 5.13. The van der Waals surface area contributed by atoms with Gasteiger partial charge in [0.2, 0.25) is 15.8 Å². The second-order valence-electron chi connectivity index (χ2n) is 7.58. The molecule has 0 saturated heterocycles. The predicted molar refractivity (Wildman–Crippen MR) is 115 cm³/mol. The Balaban J connectivity index is 2.12. The monoisotopic (exact) mass is 477 g/mol. The van der Waals surface area contributed by atoms with Gasteiger partial charge in [0.1, 0.15) is 5.54 Å². The first kappa shape index (κ1) is 24.1. The van der Waals surface area contributed by atoms with Crippen LogP contribution in [0.3, 0.4) is 0 Å². The number of carbonyl (C=O) groups is 4. The summed E-state index contributed by atoms with van der Waals surface area (Å²) in [6.07, 6.45) is 2.03. The normalized spacial score (nSPS) is 17.4. The molecule has 11 nitrogen and oxygen atoms in total. The van der Waals surface area contributed by atoms with E-state index in [1.165, 1.54) is 35.9 Å². The van der Waals surface area contributed by atoms with Gasteiger partial charge in [0.05, 0.1) is 19.5 Å². The van der Waals surface area contributed by atoms with Crippen LogP contribution < -0.4 is 4.72 Å². The van der Waals surface area contributed by atoms with Crippen LogP contribution in [0.4, 0.5) is 0 Å². The zero-order valence-electron chi connectivity index (χ0n) is 18.5. The molecule has 3 rings (SSSR count). The highest BCUT2D eigenvalue weighted by atomic mass is 32.2. The van der Waals surface area contributed by atoms with Gasteiger partial charge >= 0.3 is 11.9 Å². The number of aromatic nitrogens is 2. The summed E-state index contributed by atoms with van der Waals surface area (Å²) in [4.78, 5) is 54.8. The van der Waals surface area contributed by atoms with E-state index in [2.05, 4.69) is 4.98 Å². The Bertz CT molecular complexity index is 1260. The van der Waals surface area contributed by atoms with Crippen molar-refractivity contribution in [3.63, 3.8) is 0 Å². The minimum absolute atomic E-state index is 0.0124. The Hall–Kier alpha value is -3.54. The lowest BCUT2D eigenvalue weighted by Crippen LogP contribution is -2.38. The predicted octanol–water partition coefficient (Wildman–Crippen LogP) is 1.08. The molecule has 0 aliphatic heterocycles. The highest BCUT2D eigenvalue weighted by Gasteiger charge is 2.47. The van der Waals surface area contributed by atoms with Crippen molar-refractivity contribution in [3.8, 4) is 0 Å². The highest BCUT2D eigenvalue weighted by Crippen LogP contribution is 2.38. The second-order valence-corrected chi connectivity index (χ2v) is 9.32. The van der Waals surface area contributed by atoms with Crippen LogP contribution >= 0.6 is 0 Å². The summed E-state index contributed by atoms with van der Waals surface area (Å²) < 4.78 is 36.2. The number of fused-ring (bicyclic) bond motifs is 1. The van der Waals surface area contributed by atoms with Gasteiger partial charge in [0, 0.05) is 23.7 Å². The summed E-state index contributed by atoms with van der Waals surface area (Å²) in [6.45, 7) is 4.88. The largest absolute Gasteiger partial charge is 0.461 e. The lowest BCUT2D eigenvalue weighted by atomic mass is 9.96.